The van der Waals surface area contributed by atoms with Crippen molar-refractivity contribution in [3.63, 3.8) is 0 Å². The Morgan fingerprint density at radius 2 is 2.27 bits per heavy atom. The van der Waals surface area contributed by atoms with E-state index in [1.165, 1.54) is 0 Å². The van der Waals surface area contributed by atoms with Crippen molar-refractivity contribution >= 4 is 21.6 Å². The Bertz CT molecular complexity index is 303. The molecule has 0 atom stereocenters. The zero-order chi connectivity index (χ0) is 8.27. The van der Waals surface area contributed by atoms with Crippen molar-refractivity contribution in [3.8, 4) is 6.07 Å². The molecule has 3 N–H and O–H groups in total. The van der Waals surface area contributed by atoms with Gasteiger partial charge in [-0.05, 0) is 28.1 Å². The first kappa shape index (κ1) is 8.05. The Balaban J connectivity index is 3.23. The van der Waals surface area contributed by atoms with Crippen molar-refractivity contribution in [2.75, 3.05) is 5.43 Å². The van der Waals surface area contributed by atoms with Crippen molar-refractivity contribution in [2.45, 2.75) is 0 Å². The largest absolute Gasteiger partial charge is 0.323 e. The summed E-state index contributed by atoms with van der Waals surface area (Å²) in [5.74, 6) is 5.18. The second-order valence-electron chi connectivity index (χ2n) is 1.92. The number of halogens is 1. The van der Waals surface area contributed by atoms with Gasteiger partial charge in [0.2, 0.25) is 0 Å². The lowest BCUT2D eigenvalue weighted by molar-refractivity contribution is 1.33. The molecule has 0 bridgehead atoms. The molecule has 0 aromatic heterocycles. The molecule has 1 aromatic carbocycles. The lowest BCUT2D eigenvalue weighted by Gasteiger charge is -2.02. The SMILES string of the molecule is N#Cc1cccc(NN)c1Br. The first-order valence-corrected chi connectivity index (χ1v) is 3.74. The van der Waals surface area contributed by atoms with Gasteiger partial charge in [0.25, 0.3) is 0 Å². The Kier molecular flexibility index (Phi) is 2.47. The van der Waals surface area contributed by atoms with Crippen LogP contribution in [0.5, 0.6) is 0 Å². The highest BCUT2D eigenvalue weighted by molar-refractivity contribution is 9.10. The van der Waals surface area contributed by atoms with Gasteiger partial charge >= 0.3 is 0 Å². The van der Waals surface area contributed by atoms with Crippen molar-refractivity contribution in [3.05, 3.63) is 28.2 Å². The summed E-state index contributed by atoms with van der Waals surface area (Å²) < 4.78 is 0.699. The van der Waals surface area contributed by atoms with Crippen LogP contribution in [0.3, 0.4) is 0 Å². The van der Waals surface area contributed by atoms with Crippen LogP contribution in [0, 0.1) is 11.3 Å². The van der Waals surface area contributed by atoms with Gasteiger partial charge in [-0.1, -0.05) is 6.07 Å². The molecule has 0 saturated heterocycles. The zero-order valence-corrected chi connectivity index (χ0v) is 7.22. The van der Waals surface area contributed by atoms with Crippen LogP contribution in [-0.2, 0) is 0 Å². The maximum absolute atomic E-state index is 8.59. The monoisotopic (exact) mass is 211 g/mol. The molecule has 1 aromatic rings. The van der Waals surface area contributed by atoms with Crippen molar-refractivity contribution in [1.82, 2.24) is 0 Å². The number of nitriles is 1. The maximum Gasteiger partial charge on any atom is 0.100 e. The normalized spacial score (nSPS) is 8.82. The van der Waals surface area contributed by atoms with Crippen LogP contribution in [0.25, 0.3) is 0 Å². The van der Waals surface area contributed by atoms with Crippen molar-refractivity contribution in [2.24, 2.45) is 5.84 Å². The van der Waals surface area contributed by atoms with Gasteiger partial charge in [0.1, 0.15) is 6.07 Å². The number of hydrogen-bond donors (Lipinski definition) is 2. The Morgan fingerprint density at radius 3 is 2.82 bits per heavy atom. The average molecular weight is 212 g/mol. The second-order valence-corrected chi connectivity index (χ2v) is 2.72. The summed E-state index contributed by atoms with van der Waals surface area (Å²) in [5, 5.41) is 8.59. The third-order valence-corrected chi connectivity index (χ3v) is 2.13. The molecule has 0 amide bonds. The number of anilines is 1. The van der Waals surface area contributed by atoms with Gasteiger partial charge < -0.3 is 5.43 Å². The minimum absolute atomic E-state index is 0.570. The van der Waals surface area contributed by atoms with Gasteiger partial charge in [0.15, 0.2) is 0 Å². The topological polar surface area (TPSA) is 61.8 Å². The number of nitrogens with one attached hydrogen (secondary N) is 1. The third-order valence-electron chi connectivity index (χ3n) is 1.27. The molecule has 1 rings (SSSR count). The molecular weight excluding hydrogens is 206 g/mol. The molecule has 11 heavy (non-hydrogen) atoms. The maximum atomic E-state index is 8.59. The summed E-state index contributed by atoms with van der Waals surface area (Å²) in [4.78, 5) is 0. The number of rotatable bonds is 1. The highest BCUT2D eigenvalue weighted by atomic mass is 79.9. The fourth-order valence-electron chi connectivity index (χ4n) is 0.730. The average Bonchev–Trinajstić information content (AvgIpc) is 2.05. The molecular formula is C7H6BrN3. The molecule has 0 radical (unpaired) electrons. The van der Waals surface area contributed by atoms with E-state index in [0.717, 1.165) is 0 Å². The molecule has 0 heterocycles. The molecule has 0 unspecified atom stereocenters. The van der Waals surface area contributed by atoms with E-state index >= 15 is 0 Å². The van der Waals surface area contributed by atoms with Gasteiger partial charge in [0.05, 0.1) is 15.7 Å². The van der Waals surface area contributed by atoms with E-state index in [1.54, 1.807) is 18.2 Å². The summed E-state index contributed by atoms with van der Waals surface area (Å²) in [7, 11) is 0. The van der Waals surface area contributed by atoms with Crippen LogP contribution >= 0.6 is 15.9 Å². The van der Waals surface area contributed by atoms with Crippen molar-refractivity contribution in [1.29, 1.82) is 5.26 Å². The molecule has 4 heteroatoms. The minimum atomic E-state index is 0.570. The van der Waals surface area contributed by atoms with Crippen molar-refractivity contribution < 1.29 is 0 Å². The van der Waals surface area contributed by atoms with Crippen LogP contribution in [0.1, 0.15) is 5.56 Å². The summed E-state index contributed by atoms with van der Waals surface area (Å²) in [5.41, 5.74) is 3.75. The number of hydrogen-bond acceptors (Lipinski definition) is 3. The second kappa shape index (κ2) is 3.37. The molecule has 0 spiro atoms. The Morgan fingerprint density at radius 1 is 1.55 bits per heavy atom. The number of benzene rings is 1. The van der Waals surface area contributed by atoms with E-state index in [0.29, 0.717) is 15.7 Å². The molecule has 0 aliphatic carbocycles. The van der Waals surface area contributed by atoms with Gasteiger partial charge in [-0.2, -0.15) is 5.26 Å². The third kappa shape index (κ3) is 1.50. The molecule has 0 saturated carbocycles. The number of nitrogens with zero attached hydrogens (tertiary/aromatic N) is 1. The van der Waals surface area contributed by atoms with E-state index < -0.39 is 0 Å². The van der Waals surface area contributed by atoms with E-state index in [1.807, 2.05) is 6.07 Å². The first-order chi connectivity index (χ1) is 5.29. The fraction of sp³-hybridized carbons (Fsp3) is 0. The van der Waals surface area contributed by atoms with E-state index in [4.69, 9.17) is 11.1 Å². The van der Waals surface area contributed by atoms with Gasteiger partial charge in [-0.25, -0.2) is 0 Å². The lowest BCUT2D eigenvalue weighted by Crippen LogP contribution is -2.07. The summed E-state index contributed by atoms with van der Waals surface area (Å²) in [6.45, 7) is 0. The minimum Gasteiger partial charge on any atom is -0.323 e. The van der Waals surface area contributed by atoms with Crippen LogP contribution in [0.15, 0.2) is 22.7 Å². The zero-order valence-electron chi connectivity index (χ0n) is 5.63. The summed E-state index contributed by atoms with van der Waals surface area (Å²) in [6, 6.07) is 7.29. The van der Waals surface area contributed by atoms with Gasteiger partial charge in [-0.3, -0.25) is 5.84 Å². The Labute approximate surface area is 72.9 Å². The lowest BCUT2D eigenvalue weighted by atomic mass is 10.2. The van der Waals surface area contributed by atoms with Gasteiger partial charge in [-0.15, -0.1) is 0 Å². The summed E-state index contributed by atoms with van der Waals surface area (Å²) >= 11 is 3.24. The Hall–Kier alpha value is -1.05. The number of nitrogens with two attached hydrogens (primary N) is 1. The molecule has 0 aliphatic heterocycles. The molecule has 0 aliphatic rings. The summed E-state index contributed by atoms with van der Waals surface area (Å²) in [6.07, 6.45) is 0. The van der Waals surface area contributed by atoms with Crippen LogP contribution < -0.4 is 11.3 Å². The quantitative estimate of drug-likeness (QED) is 0.549. The van der Waals surface area contributed by atoms with Crippen LogP contribution in [0.4, 0.5) is 5.69 Å². The molecule has 3 nitrogen and oxygen atoms in total. The van der Waals surface area contributed by atoms with Crippen LogP contribution in [-0.4, -0.2) is 0 Å². The number of nitrogen functional groups attached to an aromatic ring is 1. The van der Waals surface area contributed by atoms with Crippen LogP contribution in [0.2, 0.25) is 0 Å². The fourth-order valence-corrected chi connectivity index (χ4v) is 1.20. The molecule has 0 fully saturated rings. The standard InChI is InChI=1S/C7H6BrN3/c8-7-5(4-9)2-1-3-6(7)11-10/h1-3,11H,10H2. The van der Waals surface area contributed by atoms with E-state index in [2.05, 4.69) is 21.4 Å². The van der Waals surface area contributed by atoms with E-state index in [9.17, 15) is 0 Å². The predicted molar refractivity (Wildman–Crippen MR) is 46.7 cm³/mol. The highest BCUT2D eigenvalue weighted by Gasteiger charge is 2.01. The smallest absolute Gasteiger partial charge is 0.100 e. The highest BCUT2D eigenvalue weighted by Crippen LogP contribution is 2.24. The predicted octanol–water partition coefficient (Wildman–Crippen LogP) is 1.61. The first-order valence-electron chi connectivity index (χ1n) is 2.95. The molecule has 56 valence electrons. The van der Waals surface area contributed by atoms with Gasteiger partial charge in [0, 0.05) is 0 Å². The van der Waals surface area contributed by atoms with E-state index in [-0.39, 0.29) is 0 Å². The number of hydrazine groups is 1.